The second-order valence-electron chi connectivity index (χ2n) is 14.3. The van der Waals surface area contributed by atoms with E-state index in [1.807, 2.05) is 30.8 Å². The summed E-state index contributed by atoms with van der Waals surface area (Å²) >= 11 is 1.84. The number of thioether (sulfide) groups is 1. The molecule has 1 aliphatic heterocycles. The average molecular weight is 621 g/mol. The van der Waals surface area contributed by atoms with Gasteiger partial charge in [0.1, 0.15) is 0 Å². The molecule has 1 spiro atoms. The van der Waals surface area contributed by atoms with Gasteiger partial charge in [-0.05, 0) is 99.3 Å². The lowest BCUT2D eigenvalue weighted by molar-refractivity contribution is -0.139. The van der Waals surface area contributed by atoms with E-state index in [0.29, 0.717) is 49.9 Å². The first kappa shape index (κ1) is 31.9. The molecule has 236 valence electrons. The van der Waals surface area contributed by atoms with E-state index in [-0.39, 0.29) is 28.4 Å². The molecule has 5 rings (SSSR count). The smallest absolute Gasteiger partial charge is 0.419 e. The van der Waals surface area contributed by atoms with Gasteiger partial charge in [-0.25, -0.2) is 14.8 Å². The number of likely N-dealkylation sites (tertiary alicyclic amines) is 1. The number of nitrogens with one attached hydrogen (secondary N) is 1. The number of hydrogen-bond acceptors (Lipinski definition) is 6. The third-order valence-corrected chi connectivity index (χ3v) is 11.1. The zero-order valence-electron chi connectivity index (χ0n) is 25.6. The van der Waals surface area contributed by atoms with Gasteiger partial charge in [0.2, 0.25) is 5.95 Å². The van der Waals surface area contributed by atoms with Crippen LogP contribution in [0.15, 0.2) is 29.3 Å². The van der Waals surface area contributed by atoms with Crippen molar-refractivity contribution in [3.05, 3.63) is 41.2 Å². The molecule has 7 nitrogen and oxygen atoms in total. The lowest BCUT2D eigenvalue weighted by Gasteiger charge is -2.60. The first-order chi connectivity index (χ1) is 20.0. The number of aromatic nitrogens is 2. The number of aliphatic hydroxyl groups is 1. The molecule has 1 aromatic heterocycles. The number of amides is 1. The lowest BCUT2D eigenvalue weighted by Crippen LogP contribution is -2.58. The van der Waals surface area contributed by atoms with Crippen molar-refractivity contribution in [2.45, 2.75) is 107 Å². The highest BCUT2D eigenvalue weighted by Gasteiger charge is 2.55. The molecular weight excluding hydrogens is 577 g/mol. The van der Waals surface area contributed by atoms with Crippen molar-refractivity contribution in [2.24, 2.45) is 16.7 Å². The molecule has 2 aliphatic carbocycles. The first-order valence-electron chi connectivity index (χ1n) is 15.1. The van der Waals surface area contributed by atoms with Gasteiger partial charge in [0, 0.05) is 41.0 Å². The summed E-state index contributed by atoms with van der Waals surface area (Å²) in [5.41, 5.74) is 0.196. The fourth-order valence-corrected chi connectivity index (χ4v) is 9.09. The third kappa shape index (κ3) is 6.92. The Morgan fingerprint density at radius 2 is 1.81 bits per heavy atom. The topological polar surface area (TPSA) is 98.6 Å². The molecule has 2 heterocycles. The Kier molecular flexibility index (Phi) is 8.48. The fraction of sp³-hybridized carbons (Fsp3) is 0.656. The minimum absolute atomic E-state index is 0.00742. The van der Waals surface area contributed by atoms with Gasteiger partial charge in [0.15, 0.2) is 0 Å². The molecule has 43 heavy (non-hydrogen) atoms. The Labute approximate surface area is 256 Å². The molecule has 2 saturated carbocycles. The van der Waals surface area contributed by atoms with Gasteiger partial charge in [-0.3, -0.25) is 0 Å². The Morgan fingerprint density at radius 3 is 2.40 bits per heavy atom. The maximum atomic E-state index is 13.8. The summed E-state index contributed by atoms with van der Waals surface area (Å²) in [5.74, 6) is 0.0522. The van der Waals surface area contributed by atoms with E-state index in [9.17, 15) is 28.2 Å². The van der Waals surface area contributed by atoms with Crippen molar-refractivity contribution in [1.82, 2.24) is 14.9 Å². The van der Waals surface area contributed by atoms with E-state index in [0.717, 1.165) is 41.6 Å². The summed E-state index contributed by atoms with van der Waals surface area (Å²) in [7, 11) is 0. The molecule has 3 aliphatic rings. The van der Waals surface area contributed by atoms with Crippen LogP contribution >= 0.6 is 11.8 Å². The minimum atomic E-state index is -4.55. The van der Waals surface area contributed by atoms with Crippen LogP contribution in [0.3, 0.4) is 0 Å². The van der Waals surface area contributed by atoms with Crippen molar-refractivity contribution in [1.29, 1.82) is 0 Å². The van der Waals surface area contributed by atoms with Crippen LogP contribution in [0.25, 0.3) is 0 Å². The number of aryl methyl sites for hydroxylation is 1. The van der Waals surface area contributed by atoms with Gasteiger partial charge in [0.05, 0.1) is 16.9 Å². The molecule has 2 aromatic rings. The highest BCUT2D eigenvalue weighted by Crippen LogP contribution is 2.61. The predicted molar refractivity (Wildman–Crippen MR) is 162 cm³/mol. The predicted octanol–water partition coefficient (Wildman–Crippen LogP) is 8.24. The molecule has 0 bridgehead atoms. The second kappa shape index (κ2) is 11.4. The van der Waals surface area contributed by atoms with Gasteiger partial charge in [-0.2, -0.15) is 13.2 Å². The number of piperidine rings is 1. The summed E-state index contributed by atoms with van der Waals surface area (Å²) in [6, 6.07) is 6.03. The number of rotatable bonds is 5. The fourth-order valence-electron chi connectivity index (χ4n) is 7.48. The molecule has 3 fully saturated rings. The zero-order valence-corrected chi connectivity index (χ0v) is 26.4. The SMILES string of the molecule is Cc1cc(SC2CC3(CCN(C(=O)O)CC3C(C)(C)C)C2)ccc1Nc1ncc(C(F)(F)F)c(C2CCC(C)(O)CC2)n1. The van der Waals surface area contributed by atoms with Crippen LogP contribution < -0.4 is 5.32 Å². The molecule has 0 radical (unpaired) electrons. The molecular formula is C32H43F3N4O3S. The maximum Gasteiger partial charge on any atom is 0.419 e. The number of alkyl halides is 3. The second-order valence-corrected chi connectivity index (χ2v) is 15.6. The number of nitrogens with zero attached hydrogens (tertiary/aromatic N) is 3. The molecule has 1 aromatic carbocycles. The number of carboxylic acid groups (broad SMARTS) is 1. The van der Waals surface area contributed by atoms with E-state index in [1.54, 1.807) is 11.8 Å². The van der Waals surface area contributed by atoms with Gasteiger partial charge < -0.3 is 20.4 Å². The molecule has 1 unspecified atom stereocenters. The minimum Gasteiger partial charge on any atom is -0.465 e. The number of halogens is 3. The summed E-state index contributed by atoms with van der Waals surface area (Å²) in [4.78, 5) is 22.7. The maximum absolute atomic E-state index is 13.8. The van der Waals surface area contributed by atoms with Gasteiger partial charge in [-0.15, -0.1) is 11.8 Å². The van der Waals surface area contributed by atoms with Crippen LogP contribution in [0.4, 0.5) is 29.6 Å². The Hall–Kier alpha value is -2.53. The number of carbonyl (C=O) groups is 1. The summed E-state index contributed by atoms with van der Waals surface area (Å²) < 4.78 is 41.5. The third-order valence-electron chi connectivity index (χ3n) is 9.93. The van der Waals surface area contributed by atoms with Crippen molar-refractivity contribution < 1.29 is 28.2 Å². The standard InChI is InChI=1S/C32H43F3N4O3S/c1-19-14-21(43-22-15-31(16-22)12-13-39(28(40)41)18-25(31)29(2,3)4)6-7-24(19)37-27-36-17-23(32(33,34)35)26(38-27)20-8-10-30(5,42)11-9-20/h6-7,14,17,20,22,25,42H,8-13,15-16,18H2,1-5H3,(H,40,41)(H,36,37,38). The monoisotopic (exact) mass is 620 g/mol. The largest absolute Gasteiger partial charge is 0.465 e. The van der Waals surface area contributed by atoms with Crippen LogP contribution in [-0.4, -0.2) is 55.1 Å². The van der Waals surface area contributed by atoms with Crippen molar-refractivity contribution in [3.63, 3.8) is 0 Å². The highest BCUT2D eigenvalue weighted by molar-refractivity contribution is 8.00. The van der Waals surface area contributed by atoms with Crippen LogP contribution in [0.5, 0.6) is 0 Å². The molecule has 3 N–H and O–H groups in total. The Morgan fingerprint density at radius 1 is 1.14 bits per heavy atom. The van der Waals surface area contributed by atoms with Gasteiger partial charge >= 0.3 is 12.3 Å². The zero-order chi connectivity index (χ0) is 31.4. The highest BCUT2D eigenvalue weighted by atomic mass is 32.2. The van der Waals surface area contributed by atoms with Crippen LogP contribution in [0.1, 0.15) is 95.4 Å². The average Bonchev–Trinajstić information content (AvgIpc) is 2.88. The van der Waals surface area contributed by atoms with Crippen molar-refractivity contribution in [3.8, 4) is 0 Å². The molecule has 1 saturated heterocycles. The number of anilines is 2. The van der Waals surface area contributed by atoms with Crippen LogP contribution in [0.2, 0.25) is 0 Å². The van der Waals surface area contributed by atoms with Gasteiger partial charge in [0.25, 0.3) is 0 Å². The summed E-state index contributed by atoms with van der Waals surface area (Å²) in [6.45, 7) is 11.5. The van der Waals surface area contributed by atoms with E-state index >= 15 is 0 Å². The van der Waals surface area contributed by atoms with E-state index < -0.39 is 23.4 Å². The normalized spacial score (nSPS) is 29.8. The van der Waals surface area contributed by atoms with Crippen molar-refractivity contribution in [2.75, 3.05) is 18.4 Å². The van der Waals surface area contributed by atoms with E-state index in [4.69, 9.17) is 0 Å². The molecule has 1 amide bonds. The van der Waals surface area contributed by atoms with E-state index in [2.05, 4.69) is 42.1 Å². The summed E-state index contributed by atoms with van der Waals surface area (Å²) in [5, 5.41) is 23.4. The van der Waals surface area contributed by atoms with Gasteiger partial charge in [-0.1, -0.05) is 20.8 Å². The first-order valence-corrected chi connectivity index (χ1v) is 16.0. The Bertz CT molecular complexity index is 1340. The van der Waals surface area contributed by atoms with Crippen LogP contribution in [0, 0.1) is 23.7 Å². The Balaban J connectivity index is 1.26. The number of benzene rings is 1. The lowest BCUT2D eigenvalue weighted by atomic mass is 9.51. The summed E-state index contributed by atoms with van der Waals surface area (Å²) in [6.07, 6.45) is 0.241. The van der Waals surface area contributed by atoms with Crippen molar-refractivity contribution >= 4 is 29.5 Å². The van der Waals surface area contributed by atoms with E-state index in [1.165, 1.54) is 0 Å². The quantitative estimate of drug-likeness (QED) is 0.310. The number of hydrogen-bond donors (Lipinski definition) is 3. The van der Waals surface area contributed by atoms with Crippen LogP contribution in [-0.2, 0) is 6.18 Å². The molecule has 11 heteroatoms. The molecule has 1 atom stereocenters.